The lowest BCUT2D eigenvalue weighted by Crippen LogP contribution is -2.68. The predicted octanol–water partition coefficient (Wildman–Crippen LogP) is -16.1. The number of aliphatic hydroxyl groups is 20. The van der Waals surface area contributed by atoms with Crippen molar-refractivity contribution < 1.29 is 168 Å². The Morgan fingerprint density at radius 3 is 0.602 bits per heavy atom. The molecule has 37 nitrogen and oxygen atoms in total. The van der Waals surface area contributed by atoms with Crippen LogP contribution in [0.1, 0.15) is 0 Å². The fourth-order valence-electron chi connectivity index (χ4n) is 11.1. The molecule has 0 aliphatic carbocycles. The highest BCUT2D eigenvalue weighted by molar-refractivity contribution is 5.02. The Bertz CT molecular complexity index is 1940. The number of nitrogens with two attached hydrogens (primary N) is 1. The van der Waals surface area contributed by atoms with Crippen LogP contribution in [0.25, 0.3) is 0 Å². The Labute approximate surface area is 471 Å². The van der Waals surface area contributed by atoms with Gasteiger partial charge in [-0.05, 0) is 0 Å². The maximum absolute atomic E-state index is 11.7. The van der Waals surface area contributed by atoms with E-state index in [0.717, 1.165) is 0 Å². The van der Waals surface area contributed by atoms with E-state index in [1.165, 1.54) is 0 Å². The first-order valence-corrected chi connectivity index (χ1v) is 27.1. The third kappa shape index (κ3) is 14.3. The van der Waals surface area contributed by atoms with Gasteiger partial charge in [0.25, 0.3) is 0 Å². The summed E-state index contributed by atoms with van der Waals surface area (Å²) < 4.78 is 81.1. The molecule has 21 rings (SSSR count). The molecular weight excluding hydrogens is 1140 g/mol. The smallest absolute Gasteiger partial charge is 0.187 e. The van der Waals surface area contributed by atoms with Crippen LogP contribution in [-0.4, -0.2) is 389 Å². The van der Waals surface area contributed by atoms with Crippen LogP contribution < -0.4 is 16.4 Å². The molecule has 21 aliphatic rings. The molecule has 21 fully saturated rings. The van der Waals surface area contributed by atoms with Gasteiger partial charge in [-0.1, -0.05) is 0 Å². The van der Waals surface area contributed by atoms with Crippen LogP contribution in [0.3, 0.4) is 0 Å². The topological polar surface area (TPSA) is 584 Å². The molecule has 0 aromatic carbocycles. The fourth-order valence-corrected chi connectivity index (χ4v) is 11.1. The largest absolute Gasteiger partial charge is 0.394 e. The first-order chi connectivity index (χ1) is 39.7. The molecule has 21 saturated heterocycles. The second-order valence-electron chi connectivity index (χ2n) is 21.2. The number of ether oxygens (including phenoxy) is 14. The van der Waals surface area contributed by atoms with E-state index in [0.29, 0.717) is 19.6 Å². The van der Waals surface area contributed by atoms with Crippen LogP contribution in [0, 0.1) is 0 Å². The van der Waals surface area contributed by atoms with Gasteiger partial charge < -0.3 is 185 Å². The van der Waals surface area contributed by atoms with Gasteiger partial charge in [0, 0.05) is 32.7 Å². The van der Waals surface area contributed by atoms with Crippen LogP contribution in [-0.2, 0) is 66.3 Å². The lowest BCUT2D eigenvalue weighted by Gasteiger charge is -2.50. The summed E-state index contributed by atoms with van der Waals surface area (Å²) in [5.74, 6) is 0. The molecule has 14 bridgehead atoms. The Morgan fingerprint density at radius 2 is 0.410 bits per heavy atom. The van der Waals surface area contributed by atoms with Crippen molar-refractivity contribution in [2.45, 2.75) is 215 Å². The quantitative estimate of drug-likeness (QED) is 0.0762. The van der Waals surface area contributed by atoms with Gasteiger partial charge in [-0.2, -0.15) is 0 Å². The summed E-state index contributed by atoms with van der Waals surface area (Å²) in [4.78, 5) is 0. The van der Waals surface area contributed by atoms with Crippen molar-refractivity contribution in [3.8, 4) is 0 Å². The van der Waals surface area contributed by atoms with E-state index in [-0.39, 0.29) is 13.1 Å². The van der Waals surface area contributed by atoms with Crippen molar-refractivity contribution in [3.05, 3.63) is 0 Å². The maximum atomic E-state index is 11.7. The fraction of sp³-hybridized carbons (Fsp3) is 1.00. The molecule has 35 atom stereocenters. The normalized spacial score (nSPS) is 52.2. The van der Waals surface area contributed by atoms with Crippen molar-refractivity contribution in [2.75, 3.05) is 72.4 Å². The highest BCUT2D eigenvalue weighted by Gasteiger charge is 2.59. The van der Waals surface area contributed by atoms with E-state index >= 15 is 0 Å². The van der Waals surface area contributed by atoms with Gasteiger partial charge in [0.2, 0.25) is 0 Å². The van der Waals surface area contributed by atoms with Crippen molar-refractivity contribution in [3.63, 3.8) is 0 Å². The summed E-state index contributed by atoms with van der Waals surface area (Å²) in [6.07, 6.45) is -69.2. The number of nitrogens with one attached hydrogen (secondary N) is 2. The number of rotatable bonds is 13. The monoisotopic (exact) mass is 1220 g/mol. The lowest BCUT2D eigenvalue weighted by molar-refractivity contribution is -0.396. The first kappa shape index (κ1) is 67.5. The summed E-state index contributed by atoms with van der Waals surface area (Å²) in [6.45, 7) is -5.14. The minimum absolute atomic E-state index is 0.224. The van der Waals surface area contributed by atoms with Gasteiger partial charge in [0.1, 0.15) is 171 Å². The predicted molar refractivity (Wildman–Crippen MR) is 256 cm³/mol. The minimum Gasteiger partial charge on any atom is -0.394 e. The summed E-state index contributed by atoms with van der Waals surface area (Å²) >= 11 is 0. The molecule has 0 saturated carbocycles. The van der Waals surface area contributed by atoms with E-state index in [9.17, 15) is 102 Å². The summed E-state index contributed by atoms with van der Waals surface area (Å²) in [5.41, 5.74) is 5.56. The number of hydrogen-bond acceptors (Lipinski definition) is 37. The second kappa shape index (κ2) is 29.9. The van der Waals surface area contributed by atoms with Gasteiger partial charge >= 0.3 is 0 Å². The zero-order valence-corrected chi connectivity index (χ0v) is 44.2. The van der Waals surface area contributed by atoms with Crippen molar-refractivity contribution >= 4 is 0 Å². The lowest BCUT2D eigenvalue weighted by atomic mass is 9.95. The molecule has 21 aliphatic heterocycles. The summed E-state index contributed by atoms with van der Waals surface area (Å²) in [6, 6.07) is 0. The summed E-state index contributed by atoms with van der Waals surface area (Å²) in [5, 5.41) is 229. The van der Waals surface area contributed by atoms with Crippen LogP contribution in [0.2, 0.25) is 0 Å². The molecule has 21 heterocycles. The minimum atomic E-state index is -2.21. The molecule has 37 heteroatoms. The molecule has 484 valence electrons. The molecule has 0 aromatic heterocycles. The first-order valence-electron chi connectivity index (χ1n) is 27.1. The zero-order valence-electron chi connectivity index (χ0n) is 44.2. The zero-order chi connectivity index (χ0) is 60.3. The van der Waals surface area contributed by atoms with Gasteiger partial charge in [-0.25, -0.2) is 0 Å². The highest BCUT2D eigenvalue weighted by atomic mass is 16.8. The number of aliphatic hydroxyl groups excluding tert-OH is 20. The van der Waals surface area contributed by atoms with E-state index in [4.69, 9.17) is 72.0 Å². The van der Waals surface area contributed by atoms with E-state index in [2.05, 4.69) is 10.6 Å². The third-order valence-corrected chi connectivity index (χ3v) is 15.7. The van der Waals surface area contributed by atoms with Crippen molar-refractivity contribution in [1.82, 2.24) is 10.6 Å². The van der Waals surface area contributed by atoms with E-state index in [1.807, 2.05) is 0 Å². The molecule has 0 aromatic rings. The average molecular weight is 1220 g/mol. The van der Waals surface area contributed by atoms with Crippen LogP contribution in [0.5, 0.6) is 0 Å². The summed E-state index contributed by atoms with van der Waals surface area (Å²) in [7, 11) is 0. The van der Waals surface area contributed by atoms with Crippen LogP contribution in [0.4, 0.5) is 0 Å². The Hall–Kier alpha value is -1.48. The van der Waals surface area contributed by atoms with E-state index in [1.54, 1.807) is 0 Å². The number of hydrogen-bond donors (Lipinski definition) is 23. The van der Waals surface area contributed by atoms with Gasteiger partial charge in [-0.15, -0.1) is 0 Å². The van der Waals surface area contributed by atoms with Gasteiger partial charge in [0.05, 0.1) is 39.6 Å². The Kier molecular flexibility index (Phi) is 24.3. The molecular formula is C46H81N3O34. The van der Waals surface area contributed by atoms with E-state index < -0.39 is 255 Å². The van der Waals surface area contributed by atoms with Gasteiger partial charge in [-0.3, -0.25) is 0 Å². The van der Waals surface area contributed by atoms with Crippen LogP contribution in [0.15, 0.2) is 0 Å². The van der Waals surface area contributed by atoms with Crippen molar-refractivity contribution in [2.24, 2.45) is 5.73 Å². The average Bonchev–Trinajstić information content (AvgIpc) is 3.66. The SMILES string of the molecule is NCCNCCNC[C@@H]1O[C@@H]2O[C@H]3[C@H](O)[C@H](O)[C@@H](O[C@H]4[C@@H](O)[C@H](O)[C@@H](O[C@H]5[C@H](O)[C@@H](O)[C@@H](O[C@H]6[C@H](O)[C@@H](O)[C@@H](O[C@H]7[C@H](O)[C@@H](O)[C@@H](O[C@H]8[C@H](O)[C@@H](O)[C@@H](O[C@H]1[C@H](O)[C@H]2O)O[C@H]8CO)O[C@H]7CO)O[C@H]6CO)O[C@@H]5CO)O[C@@H]4CO)O[C@@H]3CO. The molecule has 83 heavy (non-hydrogen) atoms. The molecule has 24 N–H and O–H groups in total. The Balaban J connectivity index is 1.09. The standard InChI is InChI=1S/C46H81N3O34/c47-1-2-48-3-4-49-5-12-33-19(56)26(63)40(70-12)78-34-13(6-50)72-42(28(65)21(34)58)80-36-15(8-52)74-44(30(67)23(36)60)82-38-17(10-54)76-46(32(69)25(38)62)83-39-18(11-55)75-45(31(68)24(39)61)81-37-16(9-53)73-43(29(66)22(37)59)79-35-14(7-51)71-41(77-33)27(64)20(35)57/h12-46,48-69H,1-11,47H2/t12-,13+,14-,15+,16-,17+,18-,19+,20+,21+,22+,23-,24+,25+,26+,27+,28-,29+,30-,31+,32+,33+,34+,35+,36+,37+,38+,39+,40+,41+,42+,43+,44+,45+,46+/m0/s1. The molecule has 0 spiro atoms. The van der Waals surface area contributed by atoms with Crippen LogP contribution >= 0.6 is 0 Å². The molecule has 0 amide bonds. The molecule has 0 unspecified atom stereocenters. The highest BCUT2D eigenvalue weighted by Crippen LogP contribution is 2.39. The van der Waals surface area contributed by atoms with Crippen molar-refractivity contribution in [1.29, 1.82) is 0 Å². The third-order valence-electron chi connectivity index (χ3n) is 15.7. The van der Waals surface area contributed by atoms with Gasteiger partial charge in [0.15, 0.2) is 44.0 Å². The Morgan fingerprint density at radius 1 is 0.229 bits per heavy atom. The maximum Gasteiger partial charge on any atom is 0.187 e. The second-order valence-corrected chi connectivity index (χ2v) is 21.2. The molecule has 0 radical (unpaired) electrons.